The number of rotatable bonds is 5. The minimum absolute atomic E-state index is 0.167. The van der Waals surface area contributed by atoms with Crippen LogP contribution in [0.3, 0.4) is 0 Å². The van der Waals surface area contributed by atoms with Crippen molar-refractivity contribution in [1.29, 1.82) is 0 Å². The van der Waals surface area contributed by atoms with E-state index in [9.17, 15) is 4.79 Å². The van der Waals surface area contributed by atoms with E-state index in [1.54, 1.807) is 18.3 Å². The summed E-state index contributed by atoms with van der Waals surface area (Å²) < 4.78 is 5.58. The van der Waals surface area contributed by atoms with Crippen LogP contribution in [0.4, 0.5) is 0 Å². The molecule has 0 aliphatic carbocycles. The highest BCUT2D eigenvalue weighted by molar-refractivity contribution is 6.09. The van der Waals surface area contributed by atoms with E-state index in [-0.39, 0.29) is 5.78 Å². The number of para-hydroxylation sites is 1. The Kier molecular flexibility index (Phi) is 4.23. The van der Waals surface area contributed by atoms with Crippen LogP contribution in [-0.2, 0) is 0 Å². The molecule has 0 saturated carbocycles. The van der Waals surface area contributed by atoms with Crippen LogP contribution in [0.1, 0.15) is 35.1 Å². The van der Waals surface area contributed by atoms with Gasteiger partial charge < -0.3 is 4.74 Å². The molecular weight excluding hydrogens is 240 g/mol. The van der Waals surface area contributed by atoms with Crippen molar-refractivity contribution in [3.63, 3.8) is 0 Å². The SMILES string of the molecule is CCCOc1ccccc1C(=O)c1cnc(C)cn1. The van der Waals surface area contributed by atoms with E-state index in [0.717, 1.165) is 12.1 Å². The first-order valence-electron chi connectivity index (χ1n) is 6.27. The smallest absolute Gasteiger partial charge is 0.216 e. The molecule has 4 nitrogen and oxygen atoms in total. The molecule has 2 rings (SSSR count). The van der Waals surface area contributed by atoms with Gasteiger partial charge in [-0.3, -0.25) is 9.78 Å². The van der Waals surface area contributed by atoms with Crippen molar-refractivity contribution in [2.45, 2.75) is 20.3 Å². The van der Waals surface area contributed by atoms with Gasteiger partial charge in [-0.15, -0.1) is 0 Å². The molecule has 0 aliphatic heterocycles. The number of nitrogens with zero attached hydrogens (tertiary/aromatic N) is 2. The Hall–Kier alpha value is -2.23. The number of aryl methyl sites for hydroxylation is 1. The van der Waals surface area contributed by atoms with E-state index < -0.39 is 0 Å². The summed E-state index contributed by atoms with van der Waals surface area (Å²) in [6, 6.07) is 7.20. The highest BCUT2D eigenvalue weighted by Gasteiger charge is 2.15. The maximum absolute atomic E-state index is 12.4. The summed E-state index contributed by atoms with van der Waals surface area (Å²) in [6.07, 6.45) is 3.98. The van der Waals surface area contributed by atoms with Crippen LogP contribution in [0.25, 0.3) is 0 Å². The molecule has 0 N–H and O–H groups in total. The summed E-state index contributed by atoms with van der Waals surface area (Å²) in [4.78, 5) is 20.6. The fourth-order valence-electron chi connectivity index (χ4n) is 1.64. The largest absolute Gasteiger partial charge is 0.493 e. The number of ether oxygens (including phenoxy) is 1. The Morgan fingerprint density at radius 1 is 1.21 bits per heavy atom. The monoisotopic (exact) mass is 256 g/mol. The third kappa shape index (κ3) is 3.16. The standard InChI is InChI=1S/C15H16N2O2/c1-3-8-19-14-7-5-4-6-12(14)15(18)13-10-16-11(2)9-17-13/h4-7,9-10H,3,8H2,1-2H3. The molecule has 0 unspecified atom stereocenters. The van der Waals surface area contributed by atoms with Crippen molar-refractivity contribution in [2.24, 2.45) is 0 Å². The molecule has 1 heterocycles. The zero-order valence-corrected chi connectivity index (χ0v) is 11.1. The quantitative estimate of drug-likeness (QED) is 0.772. The molecule has 0 spiro atoms. The molecule has 1 aromatic heterocycles. The van der Waals surface area contributed by atoms with Gasteiger partial charge >= 0.3 is 0 Å². The third-order valence-corrected chi connectivity index (χ3v) is 2.61. The van der Waals surface area contributed by atoms with Gasteiger partial charge in [0, 0.05) is 6.20 Å². The van der Waals surface area contributed by atoms with Crippen LogP contribution < -0.4 is 4.74 Å². The van der Waals surface area contributed by atoms with Gasteiger partial charge in [-0.25, -0.2) is 4.98 Å². The molecule has 0 atom stereocenters. The van der Waals surface area contributed by atoms with Crippen molar-refractivity contribution < 1.29 is 9.53 Å². The topological polar surface area (TPSA) is 52.1 Å². The summed E-state index contributed by atoms with van der Waals surface area (Å²) in [5, 5.41) is 0. The second kappa shape index (κ2) is 6.09. The Balaban J connectivity index is 2.30. The highest BCUT2D eigenvalue weighted by Crippen LogP contribution is 2.20. The number of hydrogen-bond donors (Lipinski definition) is 0. The van der Waals surface area contributed by atoms with Crippen LogP contribution in [0.5, 0.6) is 5.75 Å². The van der Waals surface area contributed by atoms with Crippen LogP contribution >= 0.6 is 0 Å². The van der Waals surface area contributed by atoms with Crippen molar-refractivity contribution in [3.05, 3.63) is 53.6 Å². The lowest BCUT2D eigenvalue weighted by Gasteiger charge is -2.09. The summed E-state index contributed by atoms with van der Waals surface area (Å²) in [5.74, 6) is 0.427. The second-order valence-electron chi connectivity index (χ2n) is 4.22. The third-order valence-electron chi connectivity index (χ3n) is 2.61. The molecule has 1 aromatic carbocycles. The Morgan fingerprint density at radius 2 is 2.00 bits per heavy atom. The first kappa shape index (κ1) is 13.2. The molecule has 0 amide bonds. The van der Waals surface area contributed by atoms with E-state index >= 15 is 0 Å². The van der Waals surface area contributed by atoms with Gasteiger partial charge in [0.05, 0.1) is 24.1 Å². The van der Waals surface area contributed by atoms with Gasteiger partial charge in [-0.2, -0.15) is 0 Å². The van der Waals surface area contributed by atoms with Gasteiger partial charge in [-0.05, 0) is 25.5 Å². The van der Waals surface area contributed by atoms with Crippen molar-refractivity contribution >= 4 is 5.78 Å². The molecule has 0 aliphatic rings. The summed E-state index contributed by atoms with van der Waals surface area (Å²) in [5.41, 5.74) is 1.64. The number of ketones is 1. The number of carbonyl (C=O) groups excluding carboxylic acids is 1. The molecule has 98 valence electrons. The van der Waals surface area contributed by atoms with Gasteiger partial charge in [0.1, 0.15) is 11.4 Å². The Labute approximate surface area is 112 Å². The summed E-state index contributed by atoms with van der Waals surface area (Å²) >= 11 is 0. The zero-order chi connectivity index (χ0) is 13.7. The van der Waals surface area contributed by atoms with Gasteiger partial charge in [0.2, 0.25) is 5.78 Å². The van der Waals surface area contributed by atoms with E-state index in [2.05, 4.69) is 9.97 Å². The Morgan fingerprint density at radius 3 is 2.68 bits per heavy atom. The van der Waals surface area contributed by atoms with Crippen LogP contribution in [0.15, 0.2) is 36.7 Å². The maximum atomic E-state index is 12.4. The van der Waals surface area contributed by atoms with E-state index in [1.165, 1.54) is 6.20 Å². The Bertz CT molecular complexity index is 565. The molecule has 4 heteroatoms. The van der Waals surface area contributed by atoms with E-state index in [0.29, 0.717) is 23.6 Å². The maximum Gasteiger partial charge on any atom is 0.216 e. The van der Waals surface area contributed by atoms with Crippen LogP contribution in [0, 0.1) is 6.92 Å². The minimum Gasteiger partial charge on any atom is -0.493 e. The number of carbonyl (C=O) groups is 1. The molecule has 0 saturated heterocycles. The van der Waals surface area contributed by atoms with Crippen molar-refractivity contribution in [3.8, 4) is 5.75 Å². The van der Waals surface area contributed by atoms with Crippen molar-refractivity contribution in [1.82, 2.24) is 9.97 Å². The van der Waals surface area contributed by atoms with E-state index in [4.69, 9.17) is 4.74 Å². The van der Waals surface area contributed by atoms with E-state index in [1.807, 2.05) is 26.0 Å². The van der Waals surface area contributed by atoms with Crippen LogP contribution in [-0.4, -0.2) is 22.4 Å². The van der Waals surface area contributed by atoms with Gasteiger partial charge in [0.25, 0.3) is 0 Å². The first-order valence-corrected chi connectivity index (χ1v) is 6.27. The highest BCUT2D eigenvalue weighted by atomic mass is 16.5. The average molecular weight is 256 g/mol. The molecule has 0 radical (unpaired) electrons. The van der Waals surface area contributed by atoms with Crippen LogP contribution in [0.2, 0.25) is 0 Å². The minimum atomic E-state index is -0.167. The fourth-order valence-corrected chi connectivity index (χ4v) is 1.64. The second-order valence-corrected chi connectivity index (χ2v) is 4.22. The van der Waals surface area contributed by atoms with Gasteiger partial charge in [0.15, 0.2) is 0 Å². The molecule has 2 aromatic rings. The number of aromatic nitrogens is 2. The predicted octanol–water partition coefficient (Wildman–Crippen LogP) is 2.80. The first-order chi connectivity index (χ1) is 9.22. The lowest BCUT2D eigenvalue weighted by Crippen LogP contribution is -2.08. The fraction of sp³-hybridized carbons (Fsp3) is 0.267. The number of hydrogen-bond acceptors (Lipinski definition) is 4. The lowest BCUT2D eigenvalue weighted by molar-refractivity contribution is 0.103. The van der Waals surface area contributed by atoms with Gasteiger partial charge in [-0.1, -0.05) is 19.1 Å². The number of benzene rings is 1. The summed E-state index contributed by atoms with van der Waals surface area (Å²) in [7, 11) is 0. The zero-order valence-electron chi connectivity index (χ0n) is 11.1. The summed E-state index contributed by atoms with van der Waals surface area (Å²) in [6.45, 7) is 4.44. The molecule has 0 fully saturated rings. The average Bonchev–Trinajstić information content (AvgIpc) is 2.45. The molecular formula is C15H16N2O2. The lowest BCUT2D eigenvalue weighted by atomic mass is 10.1. The predicted molar refractivity (Wildman–Crippen MR) is 72.4 cm³/mol. The molecule has 0 bridgehead atoms. The molecule has 19 heavy (non-hydrogen) atoms. The normalized spacial score (nSPS) is 10.2. The van der Waals surface area contributed by atoms with Crippen molar-refractivity contribution in [2.75, 3.05) is 6.61 Å².